The zero-order valence-electron chi connectivity index (χ0n) is 12.7. The average Bonchev–Trinajstić information content (AvgIpc) is 2.57. The van der Waals surface area contributed by atoms with Gasteiger partial charge in [0, 0.05) is 12.3 Å². The lowest BCUT2D eigenvalue weighted by atomic mass is 10.2. The van der Waals surface area contributed by atoms with Gasteiger partial charge in [-0.25, -0.2) is 4.98 Å². The Labute approximate surface area is 133 Å². The third-order valence-electron chi connectivity index (χ3n) is 3.64. The van der Waals surface area contributed by atoms with Crippen LogP contribution in [-0.4, -0.2) is 34.8 Å². The van der Waals surface area contributed by atoms with E-state index in [1.807, 2.05) is 24.3 Å². The van der Waals surface area contributed by atoms with Crippen LogP contribution >= 0.6 is 11.8 Å². The number of benzene rings is 1. The van der Waals surface area contributed by atoms with Gasteiger partial charge in [-0.2, -0.15) is 0 Å². The molecule has 1 unspecified atom stereocenters. The van der Waals surface area contributed by atoms with Gasteiger partial charge in [-0.15, -0.1) is 0 Å². The topological polar surface area (TPSA) is 53.4 Å². The van der Waals surface area contributed by atoms with E-state index < -0.39 is 0 Å². The normalized spacial score (nSPS) is 18.7. The number of thioether (sulfide) groups is 1. The molecule has 0 spiro atoms. The predicted molar refractivity (Wildman–Crippen MR) is 87.3 cm³/mol. The number of hydrogen-bond donors (Lipinski definition) is 0. The van der Waals surface area contributed by atoms with E-state index in [2.05, 4.69) is 11.9 Å². The number of hydrogen-bond acceptors (Lipinski definition) is 5. The second-order valence-corrected chi connectivity index (χ2v) is 6.27. The maximum absolute atomic E-state index is 12.6. The van der Waals surface area contributed by atoms with E-state index in [0.29, 0.717) is 18.7 Å². The Morgan fingerprint density at radius 1 is 1.41 bits per heavy atom. The standard InChI is InChI=1S/C16H20N2O3S/c1-2-8-18-15(19)13-5-3-4-6-14(13)17-16(18)22-10-12-7-9-20-11-21-12/h3-6,12H,2,7-11H2,1H3. The van der Waals surface area contributed by atoms with Gasteiger partial charge >= 0.3 is 0 Å². The minimum absolute atomic E-state index is 0.0443. The maximum Gasteiger partial charge on any atom is 0.262 e. The molecule has 1 aliphatic heterocycles. The van der Waals surface area contributed by atoms with E-state index >= 15 is 0 Å². The van der Waals surface area contributed by atoms with Crippen molar-refractivity contribution in [2.75, 3.05) is 19.2 Å². The molecule has 118 valence electrons. The highest BCUT2D eigenvalue weighted by Gasteiger charge is 2.17. The number of rotatable bonds is 5. The summed E-state index contributed by atoms with van der Waals surface area (Å²) < 4.78 is 12.5. The van der Waals surface area contributed by atoms with Gasteiger partial charge in [-0.05, 0) is 25.0 Å². The fourth-order valence-electron chi connectivity index (χ4n) is 2.48. The molecule has 6 heteroatoms. The fourth-order valence-corrected chi connectivity index (χ4v) is 3.57. The van der Waals surface area contributed by atoms with Crippen molar-refractivity contribution in [1.82, 2.24) is 9.55 Å². The smallest absolute Gasteiger partial charge is 0.262 e. The van der Waals surface area contributed by atoms with Gasteiger partial charge in [0.2, 0.25) is 0 Å². The minimum Gasteiger partial charge on any atom is -0.355 e. The quantitative estimate of drug-likeness (QED) is 0.626. The molecule has 2 aromatic rings. The van der Waals surface area contributed by atoms with Crippen LogP contribution in [0.4, 0.5) is 0 Å². The summed E-state index contributed by atoms with van der Waals surface area (Å²) in [6.45, 7) is 3.85. The Hall–Kier alpha value is -1.37. The molecule has 0 aliphatic carbocycles. The van der Waals surface area contributed by atoms with Crippen LogP contribution in [0.15, 0.2) is 34.2 Å². The van der Waals surface area contributed by atoms with E-state index in [9.17, 15) is 4.79 Å². The Bertz CT molecular complexity index is 695. The first-order valence-corrected chi connectivity index (χ1v) is 8.60. The molecule has 1 fully saturated rings. The molecule has 3 rings (SSSR count). The molecule has 0 N–H and O–H groups in total. The van der Waals surface area contributed by atoms with Gasteiger partial charge < -0.3 is 9.47 Å². The molecule has 1 aliphatic rings. The van der Waals surface area contributed by atoms with Crippen molar-refractivity contribution in [2.24, 2.45) is 0 Å². The molecule has 0 bridgehead atoms. The number of nitrogens with zero attached hydrogens (tertiary/aromatic N) is 2. The van der Waals surface area contributed by atoms with Crippen LogP contribution in [0.1, 0.15) is 19.8 Å². The first kappa shape index (κ1) is 15.5. The van der Waals surface area contributed by atoms with Crippen molar-refractivity contribution < 1.29 is 9.47 Å². The summed E-state index contributed by atoms with van der Waals surface area (Å²) in [7, 11) is 0. The molecule has 1 saturated heterocycles. The van der Waals surface area contributed by atoms with Crippen molar-refractivity contribution >= 4 is 22.7 Å². The van der Waals surface area contributed by atoms with Crippen molar-refractivity contribution in [3.8, 4) is 0 Å². The van der Waals surface area contributed by atoms with Crippen LogP contribution in [-0.2, 0) is 16.0 Å². The molecular formula is C16H20N2O3S. The van der Waals surface area contributed by atoms with Crippen LogP contribution in [0.5, 0.6) is 0 Å². The Morgan fingerprint density at radius 2 is 2.27 bits per heavy atom. The van der Waals surface area contributed by atoms with Crippen LogP contribution in [0, 0.1) is 0 Å². The lowest BCUT2D eigenvalue weighted by Gasteiger charge is -2.22. The molecule has 1 aromatic carbocycles. The van der Waals surface area contributed by atoms with Gasteiger partial charge in [0.25, 0.3) is 5.56 Å². The summed E-state index contributed by atoms with van der Waals surface area (Å²) in [6, 6.07) is 7.52. The second-order valence-electron chi connectivity index (χ2n) is 5.28. The van der Waals surface area contributed by atoms with Gasteiger partial charge in [-0.3, -0.25) is 9.36 Å². The molecule has 1 aromatic heterocycles. The predicted octanol–water partition coefficient (Wildman–Crippen LogP) is 2.66. The highest BCUT2D eigenvalue weighted by atomic mass is 32.2. The molecule has 2 heterocycles. The van der Waals surface area contributed by atoms with Gasteiger partial charge in [0.05, 0.1) is 23.6 Å². The van der Waals surface area contributed by atoms with E-state index in [1.54, 1.807) is 16.3 Å². The van der Waals surface area contributed by atoms with Gasteiger partial charge in [-0.1, -0.05) is 30.8 Å². The first-order valence-electron chi connectivity index (χ1n) is 7.61. The highest BCUT2D eigenvalue weighted by molar-refractivity contribution is 7.99. The first-order chi connectivity index (χ1) is 10.8. The fraction of sp³-hybridized carbons (Fsp3) is 0.500. The summed E-state index contributed by atoms with van der Waals surface area (Å²) in [5.74, 6) is 0.790. The molecule has 5 nitrogen and oxygen atoms in total. The summed E-state index contributed by atoms with van der Waals surface area (Å²) in [6.07, 6.45) is 1.96. The average molecular weight is 320 g/mol. The molecule has 1 atom stereocenters. The van der Waals surface area contributed by atoms with Crippen LogP contribution in [0.3, 0.4) is 0 Å². The molecule has 0 amide bonds. The van der Waals surface area contributed by atoms with Crippen molar-refractivity contribution in [2.45, 2.75) is 37.6 Å². The third kappa shape index (κ3) is 3.34. The SMILES string of the molecule is CCCn1c(SCC2CCOCO2)nc2ccccc2c1=O. The lowest BCUT2D eigenvalue weighted by molar-refractivity contribution is -0.130. The lowest BCUT2D eigenvalue weighted by Crippen LogP contribution is -2.27. The molecule has 0 radical (unpaired) electrons. The summed E-state index contributed by atoms with van der Waals surface area (Å²) >= 11 is 1.59. The zero-order valence-corrected chi connectivity index (χ0v) is 13.5. The number of aromatic nitrogens is 2. The largest absolute Gasteiger partial charge is 0.355 e. The second kappa shape index (κ2) is 7.26. The van der Waals surface area contributed by atoms with Crippen molar-refractivity contribution in [3.05, 3.63) is 34.6 Å². The van der Waals surface area contributed by atoms with Gasteiger partial charge in [0.15, 0.2) is 5.16 Å². The highest BCUT2D eigenvalue weighted by Crippen LogP contribution is 2.21. The summed E-state index contributed by atoms with van der Waals surface area (Å²) in [5.41, 5.74) is 0.804. The summed E-state index contributed by atoms with van der Waals surface area (Å²) in [4.78, 5) is 17.3. The van der Waals surface area contributed by atoms with Gasteiger partial charge in [0.1, 0.15) is 6.79 Å². The van der Waals surface area contributed by atoms with E-state index in [4.69, 9.17) is 9.47 Å². The third-order valence-corrected chi connectivity index (χ3v) is 4.75. The number of fused-ring (bicyclic) bond motifs is 1. The molecule has 0 saturated carbocycles. The number of ether oxygens (including phenoxy) is 2. The van der Waals surface area contributed by atoms with Crippen molar-refractivity contribution in [3.63, 3.8) is 0 Å². The molecule has 22 heavy (non-hydrogen) atoms. The Balaban J connectivity index is 1.89. The van der Waals surface area contributed by atoms with E-state index in [1.165, 1.54) is 0 Å². The van der Waals surface area contributed by atoms with Crippen LogP contribution in [0.25, 0.3) is 10.9 Å². The molecular weight excluding hydrogens is 300 g/mol. The van der Waals surface area contributed by atoms with Crippen molar-refractivity contribution in [1.29, 1.82) is 0 Å². The van der Waals surface area contributed by atoms with Crippen LogP contribution in [0.2, 0.25) is 0 Å². The number of para-hydroxylation sites is 1. The minimum atomic E-state index is 0.0443. The van der Waals surface area contributed by atoms with E-state index in [0.717, 1.165) is 35.9 Å². The Morgan fingerprint density at radius 3 is 3.05 bits per heavy atom. The summed E-state index contributed by atoms with van der Waals surface area (Å²) in [5, 5.41) is 1.46. The van der Waals surface area contributed by atoms with Crippen LogP contribution < -0.4 is 5.56 Å². The monoisotopic (exact) mass is 320 g/mol. The van der Waals surface area contributed by atoms with E-state index in [-0.39, 0.29) is 11.7 Å². The zero-order chi connectivity index (χ0) is 15.4. The maximum atomic E-state index is 12.6. The Kier molecular flexibility index (Phi) is 5.12.